The number of aromatic nitrogens is 2. The number of hydrogen-bond acceptors (Lipinski definition) is 3. The molecule has 1 aliphatic carbocycles. The maximum absolute atomic E-state index is 13.3. The van der Waals surface area contributed by atoms with Crippen LogP contribution < -0.4 is 5.73 Å². The molecule has 2 aromatic rings. The number of primary amides is 1. The Kier molecular flexibility index (Phi) is 4.18. The summed E-state index contributed by atoms with van der Waals surface area (Å²) in [5.41, 5.74) is 8.72. The average Bonchev–Trinajstić information content (AvgIpc) is 3.33. The van der Waals surface area contributed by atoms with Gasteiger partial charge in [-0.3, -0.25) is 9.59 Å². The Balaban J connectivity index is 1.79. The molecule has 1 fully saturated rings. The molecule has 0 saturated heterocycles. The summed E-state index contributed by atoms with van der Waals surface area (Å²) in [5, 5.41) is 4.66. The Morgan fingerprint density at radius 1 is 1.37 bits per heavy atom. The van der Waals surface area contributed by atoms with Gasteiger partial charge in [-0.25, -0.2) is 4.68 Å². The molecule has 0 spiro atoms. The first kappa shape index (κ1) is 18.2. The number of fused-ring (bicyclic) bond motifs is 1. The van der Waals surface area contributed by atoms with Crippen LogP contribution in [0.5, 0.6) is 0 Å². The molecular formula is C20H23BrN4O2. The summed E-state index contributed by atoms with van der Waals surface area (Å²) in [6.07, 6.45) is 3.16. The molecule has 2 amide bonds. The van der Waals surface area contributed by atoms with E-state index in [1.54, 1.807) is 6.07 Å². The third-order valence-electron chi connectivity index (χ3n) is 5.55. The second-order valence-electron chi connectivity index (χ2n) is 8.20. The van der Waals surface area contributed by atoms with Gasteiger partial charge >= 0.3 is 0 Å². The summed E-state index contributed by atoms with van der Waals surface area (Å²) in [4.78, 5) is 26.8. The van der Waals surface area contributed by atoms with Crippen LogP contribution in [-0.2, 0) is 6.42 Å². The number of halogens is 1. The summed E-state index contributed by atoms with van der Waals surface area (Å²) >= 11 is 3.41. The number of amides is 2. The normalized spacial score (nSPS) is 18.5. The molecule has 0 radical (unpaired) electrons. The van der Waals surface area contributed by atoms with E-state index in [2.05, 4.69) is 34.9 Å². The summed E-state index contributed by atoms with van der Waals surface area (Å²) in [6, 6.07) is 5.31. The minimum Gasteiger partial charge on any atom is -0.366 e. The second-order valence-corrected chi connectivity index (χ2v) is 9.05. The van der Waals surface area contributed by atoms with Gasteiger partial charge in [0.05, 0.1) is 28.2 Å². The largest absolute Gasteiger partial charge is 0.366 e. The zero-order valence-corrected chi connectivity index (χ0v) is 17.3. The van der Waals surface area contributed by atoms with Crippen molar-refractivity contribution in [3.63, 3.8) is 0 Å². The molecule has 1 aliphatic heterocycles. The first-order valence-electron chi connectivity index (χ1n) is 9.19. The lowest BCUT2D eigenvalue weighted by Crippen LogP contribution is -2.53. The third-order valence-corrected chi connectivity index (χ3v) is 6.20. The van der Waals surface area contributed by atoms with Gasteiger partial charge in [0, 0.05) is 23.0 Å². The highest BCUT2D eigenvalue weighted by atomic mass is 79.9. The van der Waals surface area contributed by atoms with Crippen LogP contribution in [0.15, 0.2) is 22.7 Å². The fraction of sp³-hybridized carbons (Fsp3) is 0.450. The number of hydrogen-bond donors (Lipinski definition) is 1. The van der Waals surface area contributed by atoms with Crippen LogP contribution in [0, 0.1) is 12.8 Å². The summed E-state index contributed by atoms with van der Waals surface area (Å²) in [6.45, 7) is 6.95. The Bertz CT molecular complexity index is 959. The van der Waals surface area contributed by atoms with E-state index in [1.165, 1.54) is 12.8 Å². The van der Waals surface area contributed by atoms with Crippen LogP contribution in [0.4, 0.5) is 0 Å². The Labute approximate surface area is 166 Å². The molecule has 2 aliphatic rings. The van der Waals surface area contributed by atoms with Gasteiger partial charge in [-0.2, -0.15) is 5.10 Å². The van der Waals surface area contributed by atoms with E-state index >= 15 is 0 Å². The van der Waals surface area contributed by atoms with E-state index < -0.39 is 5.91 Å². The van der Waals surface area contributed by atoms with Crippen molar-refractivity contribution in [1.29, 1.82) is 0 Å². The summed E-state index contributed by atoms with van der Waals surface area (Å²) in [5.74, 6) is 0.228. The van der Waals surface area contributed by atoms with Crippen LogP contribution >= 0.6 is 15.9 Å². The maximum Gasteiger partial charge on any atom is 0.258 e. The minimum atomic E-state index is -0.487. The van der Waals surface area contributed by atoms with Crippen molar-refractivity contribution in [3.8, 4) is 5.69 Å². The molecule has 6 nitrogen and oxygen atoms in total. The SMILES string of the molecule is Cc1nn(-c2ccc(C(N)=O)c(Br)c2)c2c1C(=O)N(CC1CC1)C(C)(C)C2. The van der Waals surface area contributed by atoms with Crippen LogP contribution in [0.25, 0.3) is 5.69 Å². The fourth-order valence-corrected chi connectivity index (χ4v) is 4.43. The number of rotatable bonds is 4. The van der Waals surface area contributed by atoms with Gasteiger partial charge in [-0.1, -0.05) is 0 Å². The minimum absolute atomic E-state index is 0.0738. The molecule has 0 bridgehead atoms. The van der Waals surface area contributed by atoms with Gasteiger partial charge < -0.3 is 10.6 Å². The van der Waals surface area contributed by atoms with E-state index in [1.807, 2.05) is 28.6 Å². The number of carbonyl (C=O) groups excluding carboxylic acids is 2. The van der Waals surface area contributed by atoms with Crippen LogP contribution in [-0.4, -0.2) is 38.6 Å². The highest BCUT2D eigenvalue weighted by Gasteiger charge is 2.43. The zero-order valence-electron chi connectivity index (χ0n) is 15.8. The molecule has 2 heterocycles. The standard InChI is InChI=1S/C20H23BrN4O2/c1-11-17-16(9-20(2,3)24(19(17)27)10-12-4-5-12)25(23-11)13-6-7-14(18(22)26)15(21)8-13/h6-8,12H,4-5,9-10H2,1-3H3,(H2,22,26). The van der Waals surface area contributed by atoms with Gasteiger partial charge in [-0.05, 0) is 73.7 Å². The first-order chi connectivity index (χ1) is 12.7. The molecule has 1 aromatic carbocycles. The Morgan fingerprint density at radius 3 is 2.67 bits per heavy atom. The number of nitrogens with two attached hydrogens (primary N) is 1. The van der Waals surface area contributed by atoms with E-state index in [4.69, 9.17) is 5.73 Å². The molecule has 142 valence electrons. The van der Waals surface area contributed by atoms with Crippen LogP contribution in [0.3, 0.4) is 0 Å². The first-order valence-corrected chi connectivity index (χ1v) is 9.98. The third kappa shape index (κ3) is 3.08. The fourth-order valence-electron chi connectivity index (χ4n) is 3.87. The maximum atomic E-state index is 13.3. The predicted octanol–water partition coefficient (Wildman–Crippen LogP) is 3.23. The van der Waals surface area contributed by atoms with Crippen LogP contribution in [0.2, 0.25) is 0 Å². The van der Waals surface area contributed by atoms with Crippen molar-refractivity contribution >= 4 is 27.7 Å². The molecule has 27 heavy (non-hydrogen) atoms. The number of nitrogens with zero attached hydrogens (tertiary/aromatic N) is 3. The van der Waals surface area contributed by atoms with E-state index in [0.717, 1.165) is 30.0 Å². The number of carbonyl (C=O) groups is 2. The van der Waals surface area contributed by atoms with Crippen molar-refractivity contribution in [3.05, 3.63) is 45.2 Å². The van der Waals surface area contributed by atoms with Crippen molar-refractivity contribution in [2.75, 3.05) is 6.54 Å². The second kappa shape index (κ2) is 6.19. The highest BCUT2D eigenvalue weighted by molar-refractivity contribution is 9.10. The lowest BCUT2D eigenvalue weighted by atomic mass is 9.87. The van der Waals surface area contributed by atoms with Gasteiger partial charge in [0.2, 0.25) is 5.91 Å². The van der Waals surface area contributed by atoms with Crippen molar-refractivity contribution in [2.24, 2.45) is 11.7 Å². The molecule has 0 unspecified atom stereocenters. The van der Waals surface area contributed by atoms with Crippen molar-refractivity contribution < 1.29 is 9.59 Å². The van der Waals surface area contributed by atoms with E-state index in [-0.39, 0.29) is 11.4 Å². The average molecular weight is 431 g/mol. The molecule has 1 aromatic heterocycles. The molecule has 7 heteroatoms. The van der Waals surface area contributed by atoms with Crippen LogP contribution in [0.1, 0.15) is 58.8 Å². The van der Waals surface area contributed by atoms with E-state index in [0.29, 0.717) is 21.5 Å². The molecule has 4 rings (SSSR count). The Hall–Kier alpha value is -2.15. The molecule has 2 N–H and O–H groups in total. The lowest BCUT2D eigenvalue weighted by molar-refractivity contribution is 0.0487. The highest BCUT2D eigenvalue weighted by Crippen LogP contribution is 2.38. The lowest BCUT2D eigenvalue weighted by Gasteiger charge is -2.42. The van der Waals surface area contributed by atoms with Gasteiger partial charge in [-0.15, -0.1) is 0 Å². The van der Waals surface area contributed by atoms with Crippen molar-refractivity contribution in [1.82, 2.24) is 14.7 Å². The quantitative estimate of drug-likeness (QED) is 0.807. The Morgan fingerprint density at radius 2 is 2.07 bits per heavy atom. The van der Waals surface area contributed by atoms with Gasteiger partial charge in [0.1, 0.15) is 0 Å². The van der Waals surface area contributed by atoms with Crippen molar-refractivity contribution in [2.45, 2.75) is 45.6 Å². The molecule has 0 atom stereocenters. The summed E-state index contributed by atoms with van der Waals surface area (Å²) in [7, 11) is 0. The monoisotopic (exact) mass is 430 g/mol. The zero-order chi connectivity index (χ0) is 19.5. The topological polar surface area (TPSA) is 81.2 Å². The number of aryl methyl sites for hydroxylation is 1. The molecule has 1 saturated carbocycles. The predicted molar refractivity (Wildman–Crippen MR) is 106 cm³/mol. The van der Waals surface area contributed by atoms with E-state index in [9.17, 15) is 9.59 Å². The smallest absolute Gasteiger partial charge is 0.258 e. The van der Waals surface area contributed by atoms with Gasteiger partial charge in [0.15, 0.2) is 0 Å². The molecular weight excluding hydrogens is 408 g/mol. The van der Waals surface area contributed by atoms with Gasteiger partial charge in [0.25, 0.3) is 5.91 Å². The number of benzene rings is 1. The summed E-state index contributed by atoms with van der Waals surface area (Å²) < 4.78 is 2.44.